The number of aliphatic carboxylic acids is 1. The highest BCUT2D eigenvalue weighted by molar-refractivity contribution is 5.83. The number of piperidine rings is 1. The summed E-state index contributed by atoms with van der Waals surface area (Å²) in [5.41, 5.74) is 2.27. The largest absolute Gasteiger partial charge is 0.497 e. The van der Waals surface area contributed by atoms with E-state index in [1.807, 2.05) is 18.3 Å². The lowest BCUT2D eigenvalue weighted by Crippen LogP contribution is -2.37. The molecular formula is C20H26N2O3. The summed E-state index contributed by atoms with van der Waals surface area (Å²) in [6.07, 6.45) is 6.33. The highest BCUT2D eigenvalue weighted by Gasteiger charge is 2.26. The average molecular weight is 342 g/mol. The molecular weight excluding hydrogens is 316 g/mol. The number of carbonyl (C=O) groups is 1. The lowest BCUT2D eigenvalue weighted by atomic mass is 9.80. The second-order valence-corrected chi connectivity index (χ2v) is 6.86. The van der Waals surface area contributed by atoms with E-state index in [2.05, 4.69) is 22.4 Å². The summed E-state index contributed by atoms with van der Waals surface area (Å²) in [5, 5.41) is 13.6. The van der Waals surface area contributed by atoms with Crippen LogP contribution < -0.4 is 10.1 Å². The van der Waals surface area contributed by atoms with Crippen molar-refractivity contribution in [3.8, 4) is 5.75 Å². The van der Waals surface area contributed by atoms with Crippen molar-refractivity contribution in [1.82, 2.24) is 10.3 Å². The molecule has 0 saturated carbocycles. The predicted molar refractivity (Wildman–Crippen MR) is 98.0 cm³/mol. The summed E-state index contributed by atoms with van der Waals surface area (Å²) in [7, 11) is 1.68. The minimum Gasteiger partial charge on any atom is -0.497 e. The zero-order chi connectivity index (χ0) is 17.6. The molecule has 5 nitrogen and oxygen atoms in total. The topological polar surface area (TPSA) is 71.5 Å². The number of carboxylic acid groups (broad SMARTS) is 1. The van der Waals surface area contributed by atoms with Gasteiger partial charge in [-0.05, 0) is 80.4 Å². The monoisotopic (exact) mass is 342 g/mol. The molecule has 2 unspecified atom stereocenters. The van der Waals surface area contributed by atoms with Gasteiger partial charge >= 0.3 is 5.97 Å². The smallest absolute Gasteiger partial charge is 0.303 e. The Labute approximate surface area is 148 Å². The van der Waals surface area contributed by atoms with E-state index in [4.69, 9.17) is 9.84 Å². The molecule has 3 rings (SSSR count). The molecule has 25 heavy (non-hydrogen) atoms. The van der Waals surface area contributed by atoms with Crippen LogP contribution in [0.4, 0.5) is 0 Å². The molecule has 2 heterocycles. The second-order valence-electron chi connectivity index (χ2n) is 6.86. The van der Waals surface area contributed by atoms with Crippen LogP contribution in [0.25, 0.3) is 10.9 Å². The average Bonchev–Trinajstić information content (AvgIpc) is 2.62. The number of nitrogens with zero attached hydrogens (tertiary/aromatic N) is 1. The summed E-state index contributed by atoms with van der Waals surface area (Å²) < 4.78 is 5.34. The zero-order valence-electron chi connectivity index (χ0n) is 14.7. The molecule has 1 saturated heterocycles. The molecule has 1 aromatic carbocycles. The van der Waals surface area contributed by atoms with Crippen molar-refractivity contribution >= 4 is 16.9 Å². The number of hydrogen-bond donors (Lipinski definition) is 2. The molecule has 0 radical (unpaired) electrons. The van der Waals surface area contributed by atoms with Gasteiger partial charge in [0.1, 0.15) is 5.75 Å². The number of aromatic nitrogens is 1. The molecule has 1 aromatic heterocycles. The first-order chi connectivity index (χ1) is 12.2. The van der Waals surface area contributed by atoms with Gasteiger partial charge in [0.2, 0.25) is 0 Å². The molecule has 2 atom stereocenters. The number of aryl methyl sites for hydroxylation is 1. The number of hydrogen-bond acceptors (Lipinski definition) is 4. The van der Waals surface area contributed by atoms with Gasteiger partial charge in [0.05, 0.1) is 12.6 Å². The van der Waals surface area contributed by atoms with Crippen LogP contribution >= 0.6 is 0 Å². The van der Waals surface area contributed by atoms with Gasteiger partial charge in [0.25, 0.3) is 0 Å². The van der Waals surface area contributed by atoms with E-state index in [0.717, 1.165) is 55.4 Å². The Bertz CT molecular complexity index is 732. The van der Waals surface area contributed by atoms with Crippen molar-refractivity contribution in [2.45, 2.75) is 32.1 Å². The fourth-order valence-electron chi connectivity index (χ4n) is 3.90. The number of benzene rings is 1. The summed E-state index contributed by atoms with van der Waals surface area (Å²) in [4.78, 5) is 15.5. The molecule has 0 amide bonds. The van der Waals surface area contributed by atoms with E-state index in [1.54, 1.807) is 7.11 Å². The lowest BCUT2D eigenvalue weighted by molar-refractivity contribution is -0.138. The number of rotatable bonds is 7. The number of methoxy groups -OCH3 is 1. The van der Waals surface area contributed by atoms with Gasteiger partial charge in [-0.3, -0.25) is 9.78 Å². The lowest BCUT2D eigenvalue weighted by Gasteiger charge is -2.31. The highest BCUT2D eigenvalue weighted by atomic mass is 16.5. The van der Waals surface area contributed by atoms with E-state index in [9.17, 15) is 4.79 Å². The minimum atomic E-state index is -0.689. The first-order valence-corrected chi connectivity index (χ1v) is 9.01. The van der Waals surface area contributed by atoms with Crippen LogP contribution in [0.1, 0.15) is 31.2 Å². The summed E-state index contributed by atoms with van der Waals surface area (Å²) in [5.74, 6) is 0.910. The van der Waals surface area contributed by atoms with Crippen molar-refractivity contribution in [2.75, 3.05) is 20.2 Å². The molecule has 1 aliphatic rings. The van der Waals surface area contributed by atoms with E-state index < -0.39 is 5.97 Å². The molecule has 5 heteroatoms. The molecule has 134 valence electrons. The van der Waals surface area contributed by atoms with Gasteiger partial charge in [0, 0.05) is 18.0 Å². The van der Waals surface area contributed by atoms with Crippen LogP contribution in [-0.4, -0.2) is 36.3 Å². The quantitative estimate of drug-likeness (QED) is 0.808. The Morgan fingerprint density at radius 3 is 3.04 bits per heavy atom. The van der Waals surface area contributed by atoms with Crippen molar-refractivity contribution in [3.05, 3.63) is 36.0 Å². The third-order valence-electron chi connectivity index (χ3n) is 5.26. The maximum atomic E-state index is 11.1. The Balaban J connectivity index is 1.65. The number of ether oxygens (including phenoxy) is 1. The van der Waals surface area contributed by atoms with Gasteiger partial charge in [0.15, 0.2) is 0 Å². The Morgan fingerprint density at radius 1 is 1.36 bits per heavy atom. The second kappa shape index (κ2) is 8.30. The molecule has 1 aliphatic heterocycles. The van der Waals surface area contributed by atoms with Crippen molar-refractivity contribution in [2.24, 2.45) is 11.8 Å². The van der Waals surface area contributed by atoms with Crippen LogP contribution in [0, 0.1) is 11.8 Å². The molecule has 0 aliphatic carbocycles. The van der Waals surface area contributed by atoms with Gasteiger partial charge in [-0.2, -0.15) is 0 Å². The number of nitrogens with one attached hydrogen (secondary N) is 1. The van der Waals surface area contributed by atoms with Gasteiger partial charge in [-0.1, -0.05) is 0 Å². The normalized spacial score (nSPS) is 20.5. The predicted octanol–water partition coefficient (Wildman–Crippen LogP) is 3.27. The van der Waals surface area contributed by atoms with Crippen LogP contribution in [0.3, 0.4) is 0 Å². The zero-order valence-corrected chi connectivity index (χ0v) is 14.7. The Hall–Kier alpha value is -2.14. The molecule has 2 N–H and O–H groups in total. The van der Waals surface area contributed by atoms with E-state index in [1.165, 1.54) is 5.56 Å². The maximum Gasteiger partial charge on any atom is 0.303 e. The van der Waals surface area contributed by atoms with Crippen molar-refractivity contribution in [1.29, 1.82) is 0 Å². The standard InChI is InChI=1S/C20H26N2O3/c1-25-17-5-6-19-18(12-17)15(8-10-22-19)4-2-3-14-7-9-21-13-16(14)11-20(23)24/h5-6,8,10,12,14,16,21H,2-4,7,9,11,13H2,1H3,(H,23,24). The maximum absolute atomic E-state index is 11.1. The van der Waals surface area contributed by atoms with E-state index >= 15 is 0 Å². The van der Waals surface area contributed by atoms with Crippen LogP contribution in [-0.2, 0) is 11.2 Å². The van der Waals surface area contributed by atoms with Crippen LogP contribution in [0.2, 0.25) is 0 Å². The first kappa shape index (κ1) is 17.7. The van der Waals surface area contributed by atoms with Crippen molar-refractivity contribution in [3.63, 3.8) is 0 Å². The molecule has 0 spiro atoms. The van der Waals surface area contributed by atoms with Gasteiger partial charge < -0.3 is 15.2 Å². The Morgan fingerprint density at radius 2 is 2.24 bits per heavy atom. The number of carboxylic acids is 1. The Kier molecular flexibility index (Phi) is 5.87. The SMILES string of the molecule is COc1ccc2nccc(CCCC3CCNCC3CC(=O)O)c2c1. The van der Waals surface area contributed by atoms with E-state index in [-0.39, 0.29) is 12.3 Å². The number of pyridine rings is 1. The fraction of sp³-hybridized carbons (Fsp3) is 0.500. The van der Waals surface area contributed by atoms with Crippen LogP contribution in [0.15, 0.2) is 30.5 Å². The van der Waals surface area contributed by atoms with E-state index in [0.29, 0.717) is 5.92 Å². The third kappa shape index (κ3) is 4.48. The summed E-state index contributed by atoms with van der Waals surface area (Å²) in [6.45, 7) is 1.82. The molecule has 2 aromatic rings. The van der Waals surface area contributed by atoms with Gasteiger partial charge in [-0.25, -0.2) is 0 Å². The summed E-state index contributed by atoms with van der Waals surface area (Å²) >= 11 is 0. The third-order valence-corrected chi connectivity index (χ3v) is 5.26. The van der Waals surface area contributed by atoms with Crippen LogP contribution in [0.5, 0.6) is 5.75 Å². The van der Waals surface area contributed by atoms with Crippen molar-refractivity contribution < 1.29 is 14.6 Å². The first-order valence-electron chi connectivity index (χ1n) is 9.01. The molecule has 0 bridgehead atoms. The highest BCUT2D eigenvalue weighted by Crippen LogP contribution is 2.29. The fourth-order valence-corrected chi connectivity index (χ4v) is 3.90. The minimum absolute atomic E-state index is 0.250. The summed E-state index contributed by atoms with van der Waals surface area (Å²) in [6, 6.07) is 8.06. The number of fused-ring (bicyclic) bond motifs is 1. The molecule has 1 fully saturated rings. The van der Waals surface area contributed by atoms with Gasteiger partial charge in [-0.15, -0.1) is 0 Å².